The van der Waals surface area contributed by atoms with Crippen LogP contribution in [-0.2, 0) is 6.42 Å². The highest BCUT2D eigenvalue weighted by molar-refractivity contribution is 6.33. The molecule has 1 aromatic rings. The molecular weight excluding hydrogens is 262 g/mol. The van der Waals surface area contributed by atoms with Gasteiger partial charge in [-0.1, -0.05) is 18.5 Å². The van der Waals surface area contributed by atoms with Crippen molar-refractivity contribution in [3.63, 3.8) is 0 Å². The molecule has 0 bridgehead atoms. The van der Waals surface area contributed by atoms with E-state index in [4.69, 9.17) is 21.1 Å². The van der Waals surface area contributed by atoms with Gasteiger partial charge in [-0.25, -0.2) is 0 Å². The van der Waals surface area contributed by atoms with Crippen molar-refractivity contribution >= 4 is 11.6 Å². The molecule has 0 radical (unpaired) electrons. The van der Waals surface area contributed by atoms with Gasteiger partial charge >= 0.3 is 0 Å². The zero-order valence-corrected chi connectivity index (χ0v) is 12.1. The van der Waals surface area contributed by atoms with Gasteiger partial charge in [0.15, 0.2) is 11.5 Å². The van der Waals surface area contributed by atoms with Crippen LogP contribution in [0.5, 0.6) is 11.5 Å². The monoisotopic (exact) mass is 281 g/mol. The number of piperidine rings is 1. The number of hydrogen-bond acceptors (Lipinski definition) is 3. The minimum absolute atomic E-state index is 0.586. The second-order valence-corrected chi connectivity index (χ2v) is 5.54. The molecule has 3 nitrogen and oxygen atoms in total. The summed E-state index contributed by atoms with van der Waals surface area (Å²) in [7, 11) is 0. The summed E-state index contributed by atoms with van der Waals surface area (Å²) in [6.07, 6.45) is 3.28. The summed E-state index contributed by atoms with van der Waals surface area (Å²) in [6, 6.07) is 2.16. The highest BCUT2D eigenvalue weighted by Gasteiger charge is 2.25. The summed E-state index contributed by atoms with van der Waals surface area (Å²) in [5.74, 6) is 2.15. The maximum absolute atomic E-state index is 6.53. The van der Waals surface area contributed by atoms with Crippen LogP contribution in [-0.4, -0.2) is 26.3 Å². The van der Waals surface area contributed by atoms with Crippen molar-refractivity contribution < 1.29 is 9.47 Å². The van der Waals surface area contributed by atoms with Crippen LogP contribution >= 0.6 is 11.6 Å². The topological polar surface area (TPSA) is 30.5 Å². The van der Waals surface area contributed by atoms with E-state index in [0.717, 1.165) is 36.0 Å². The van der Waals surface area contributed by atoms with Crippen LogP contribution in [0.25, 0.3) is 0 Å². The van der Waals surface area contributed by atoms with Gasteiger partial charge in [0.05, 0.1) is 5.02 Å². The van der Waals surface area contributed by atoms with Crippen molar-refractivity contribution in [2.45, 2.75) is 32.1 Å². The Morgan fingerprint density at radius 2 is 2.00 bits per heavy atom. The molecule has 0 atom stereocenters. The lowest BCUT2D eigenvalue weighted by molar-refractivity contribution is 0.171. The molecule has 1 fully saturated rings. The summed E-state index contributed by atoms with van der Waals surface area (Å²) < 4.78 is 11.4. The molecule has 2 aliphatic heterocycles. The molecular formula is C15H20ClNO2. The molecule has 0 aromatic heterocycles. The lowest BCUT2D eigenvalue weighted by atomic mass is 9.86. The number of hydrogen-bond donors (Lipinski definition) is 1. The van der Waals surface area contributed by atoms with Crippen LogP contribution in [0.4, 0.5) is 0 Å². The van der Waals surface area contributed by atoms with Crippen molar-refractivity contribution in [1.29, 1.82) is 0 Å². The second kappa shape index (κ2) is 5.59. The first-order chi connectivity index (χ1) is 9.31. The fourth-order valence-electron chi connectivity index (χ4n) is 3.06. The van der Waals surface area contributed by atoms with Gasteiger partial charge in [0, 0.05) is 0 Å². The maximum atomic E-state index is 6.53. The first kappa shape index (κ1) is 13.1. The zero-order chi connectivity index (χ0) is 13.2. The van der Waals surface area contributed by atoms with Gasteiger partial charge in [0.1, 0.15) is 13.2 Å². The largest absolute Gasteiger partial charge is 0.486 e. The Balaban J connectivity index is 2.04. The minimum Gasteiger partial charge on any atom is -0.486 e. The average Bonchev–Trinajstić information content (AvgIpc) is 2.48. The quantitative estimate of drug-likeness (QED) is 0.903. The van der Waals surface area contributed by atoms with Gasteiger partial charge in [-0.05, 0) is 55.5 Å². The van der Waals surface area contributed by atoms with Gasteiger partial charge < -0.3 is 14.8 Å². The van der Waals surface area contributed by atoms with E-state index < -0.39 is 0 Å². The molecule has 1 aromatic carbocycles. The predicted octanol–water partition coefficient (Wildman–Crippen LogP) is 3.14. The van der Waals surface area contributed by atoms with Crippen molar-refractivity contribution in [2.75, 3.05) is 26.3 Å². The van der Waals surface area contributed by atoms with Crippen molar-refractivity contribution in [2.24, 2.45) is 0 Å². The standard InChI is InChI=1S/C15H20ClNO2/c1-2-11-12(10-3-5-17-6-4-10)9-13-15(14(11)16)19-8-7-18-13/h9-10,17H,2-8H2,1H3. The van der Waals surface area contributed by atoms with Crippen molar-refractivity contribution in [1.82, 2.24) is 5.32 Å². The molecule has 2 heterocycles. The second-order valence-electron chi connectivity index (χ2n) is 5.16. The molecule has 0 saturated carbocycles. The summed E-state index contributed by atoms with van der Waals surface area (Å²) in [5.41, 5.74) is 2.59. The molecule has 1 saturated heterocycles. The third-order valence-corrected chi connectivity index (χ3v) is 4.44. The van der Waals surface area contributed by atoms with E-state index in [1.54, 1.807) is 0 Å². The van der Waals surface area contributed by atoms with E-state index in [9.17, 15) is 0 Å². The third kappa shape index (κ3) is 2.41. The average molecular weight is 282 g/mol. The van der Waals surface area contributed by atoms with Crippen molar-refractivity contribution in [3.8, 4) is 11.5 Å². The third-order valence-electron chi connectivity index (χ3n) is 4.04. The Bertz CT molecular complexity index is 470. The van der Waals surface area contributed by atoms with E-state index in [0.29, 0.717) is 19.1 Å². The molecule has 19 heavy (non-hydrogen) atoms. The Morgan fingerprint density at radius 1 is 1.26 bits per heavy atom. The molecule has 104 valence electrons. The summed E-state index contributed by atoms with van der Waals surface area (Å²) >= 11 is 6.53. The predicted molar refractivity (Wildman–Crippen MR) is 76.7 cm³/mol. The van der Waals surface area contributed by atoms with E-state index in [2.05, 4.69) is 18.3 Å². The molecule has 2 aliphatic rings. The zero-order valence-electron chi connectivity index (χ0n) is 11.3. The molecule has 0 spiro atoms. The van der Waals surface area contributed by atoms with Crippen molar-refractivity contribution in [3.05, 3.63) is 22.2 Å². The Kier molecular flexibility index (Phi) is 3.85. The number of fused-ring (bicyclic) bond motifs is 1. The van der Waals surface area contributed by atoms with Crippen LogP contribution in [0, 0.1) is 0 Å². The molecule has 1 N–H and O–H groups in total. The van der Waals surface area contributed by atoms with Crippen LogP contribution in [0.2, 0.25) is 5.02 Å². The van der Waals surface area contributed by atoms with E-state index in [-0.39, 0.29) is 0 Å². The Morgan fingerprint density at radius 3 is 2.74 bits per heavy atom. The lowest BCUT2D eigenvalue weighted by Gasteiger charge is -2.28. The van der Waals surface area contributed by atoms with Crippen LogP contribution < -0.4 is 14.8 Å². The van der Waals surface area contributed by atoms with Gasteiger partial charge in [-0.2, -0.15) is 0 Å². The normalized spacial score (nSPS) is 19.5. The van der Waals surface area contributed by atoms with Crippen LogP contribution in [0.1, 0.15) is 36.8 Å². The first-order valence-corrected chi connectivity index (χ1v) is 7.50. The number of ether oxygens (including phenoxy) is 2. The van der Waals surface area contributed by atoms with E-state index >= 15 is 0 Å². The number of rotatable bonds is 2. The van der Waals surface area contributed by atoms with Crippen LogP contribution in [0.15, 0.2) is 6.07 Å². The van der Waals surface area contributed by atoms with Gasteiger partial charge in [0.2, 0.25) is 0 Å². The fourth-order valence-corrected chi connectivity index (χ4v) is 3.45. The van der Waals surface area contributed by atoms with E-state index in [1.807, 2.05) is 0 Å². The van der Waals surface area contributed by atoms with Gasteiger partial charge in [-0.3, -0.25) is 0 Å². The highest BCUT2D eigenvalue weighted by atomic mass is 35.5. The number of nitrogens with one attached hydrogen (secondary N) is 1. The van der Waals surface area contributed by atoms with Crippen LogP contribution in [0.3, 0.4) is 0 Å². The Hall–Kier alpha value is -0.930. The maximum Gasteiger partial charge on any atom is 0.180 e. The smallest absolute Gasteiger partial charge is 0.180 e. The molecule has 0 amide bonds. The first-order valence-electron chi connectivity index (χ1n) is 7.12. The highest BCUT2D eigenvalue weighted by Crippen LogP contribution is 2.44. The van der Waals surface area contributed by atoms with E-state index in [1.165, 1.54) is 24.0 Å². The van der Waals surface area contributed by atoms with Gasteiger partial charge in [-0.15, -0.1) is 0 Å². The summed E-state index contributed by atoms with van der Waals surface area (Å²) in [6.45, 7) is 5.52. The number of benzene rings is 1. The molecule has 3 rings (SSSR count). The number of halogens is 1. The Labute approximate surface area is 119 Å². The van der Waals surface area contributed by atoms with Gasteiger partial charge in [0.25, 0.3) is 0 Å². The minimum atomic E-state index is 0.586. The molecule has 0 unspecified atom stereocenters. The lowest BCUT2D eigenvalue weighted by Crippen LogP contribution is -2.27. The molecule has 0 aliphatic carbocycles. The SMILES string of the molecule is CCc1c(C2CCNCC2)cc2c(c1Cl)OCCO2. The fraction of sp³-hybridized carbons (Fsp3) is 0.600. The summed E-state index contributed by atoms with van der Waals surface area (Å²) in [5, 5.41) is 4.17. The summed E-state index contributed by atoms with van der Waals surface area (Å²) in [4.78, 5) is 0. The molecule has 4 heteroatoms.